The molecule has 0 radical (unpaired) electrons. The van der Waals surface area contributed by atoms with Crippen molar-refractivity contribution in [2.45, 2.75) is 12.8 Å². The molecule has 0 unspecified atom stereocenters. The maximum Gasteiger partial charge on any atom is 0.313 e. The van der Waals surface area contributed by atoms with Crippen LogP contribution in [0.5, 0.6) is 5.75 Å². The standard InChI is InChI=1S/C11H12ClNO2/c12-11(14)13-5-3-8-1-2-10-9(7-8)4-6-15-10/h1-2,7H,3-6H2,(H,13,14). The third kappa shape index (κ3) is 2.63. The third-order valence-electron chi connectivity index (χ3n) is 2.43. The van der Waals surface area contributed by atoms with Crippen LogP contribution in [0.1, 0.15) is 11.1 Å². The molecular weight excluding hydrogens is 214 g/mol. The molecule has 0 bridgehead atoms. The lowest BCUT2D eigenvalue weighted by Gasteiger charge is -2.04. The second kappa shape index (κ2) is 4.53. The highest BCUT2D eigenvalue weighted by Gasteiger charge is 2.11. The number of ether oxygens (including phenoxy) is 1. The summed E-state index contributed by atoms with van der Waals surface area (Å²) < 4.78 is 5.41. The van der Waals surface area contributed by atoms with E-state index in [4.69, 9.17) is 16.3 Å². The number of rotatable bonds is 3. The first kappa shape index (κ1) is 10.3. The predicted octanol–water partition coefficient (Wildman–Crippen LogP) is 2.11. The maximum absolute atomic E-state index is 10.5. The first-order chi connectivity index (χ1) is 7.25. The first-order valence-corrected chi connectivity index (χ1v) is 5.31. The van der Waals surface area contributed by atoms with E-state index in [-0.39, 0.29) is 0 Å². The molecule has 0 atom stereocenters. The van der Waals surface area contributed by atoms with Gasteiger partial charge in [0.1, 0.15) is 5.75 Å². The molecule has 1 amide bonds. The van der Waals surface area contributed by atoms with Gasteiger partial charge in [-0.15, -0.1) is 0 Å². The van der Waals surface area contributed by atoms with Crippen LogP contribution < -0.4 is 10.1 Å². The Morgan fingerprint density at radius 1 is 1.53 bits per heavy atom. The van der Waals surface area contributed by atoms with E-state index in [0.717, 1.165) is 25.2 Å². The van der Waals surface area contributed by atoms with Crippen LogP contribution in [0.3, 0.4) is 0 Å². The molecule has 0 spiro atoms. The van der Waals surface area contributed by atoms with E-state index in [1.807, 2.05) is 12.1 Å². The molecule has 80 valence electrons. The summed E-state index contributed by atoms with van der Waals surface area (Å²) in [4.78, 5) is 10.5. The Bertz CT molecular complexity index is 379. The van der Waals surface area contributed by atoms with Crippen LogP contribution >= 0.6 is 11.6 Å². The highest BCUT2D eigenvalue weighted by Crippen LogP contribution is 2.25. The van der Waals surface area contributed by atoms with E-state index in [2.05, 4.69) is 11.4 Å². The molecule has 2 rings (SSSR count). The van der Waals surface area contributed by atoms with E-state index in [9.17, 15) is 4.79 Å². The van der Waals surface area contributed by atoms with E-state index in [1.54, 1.807) is 0 Å². The number of nitrogens with one attached hydrogen (secondary N) is 1. The topological polar surface area (TPSA) is 38.3 Å². The maximum atomic E-state index is 10.5. The molecule has 0 aliphatic carbocycles. The summed E-state index contributed by atoms with van der Waals surface area (Å²) in [5.74, 6) is 0.986. The second-order valence-electron chi connectivity index (χ2n) is 3.49. The van der Waals surface area contributed by atoms with E-state index in [0.29, 0.717) is 6.54 Å². The van der Waals surface area contributed by atoms with Gasteiger partial charge in [0.05, 0.1) is 6.61 Å². The van der Waals surface area contributed by atoms with Crippen LogP contribution in [0.15, 0.2) is 18.2 Å². The third-order valence-corrected chi connectivity index (χ3v) is 2.57. The molecule has 4 heteroatoms. The van der Waals surface area contributed by atoms with Crippen molar-refractivity contribution in [3.8, 4) is 5.75 Å². The van der Waals surface area contributed by atoms with Crippen molar-refractivity contribution in [3.63, 3.8) is 0 Å². The number of carbonyl (C=O) groups is 1. The first-order valence-electron chi connectivity index (χ1n) is 4.93. The number of amides is 1. The monoisotopic (exact) mass is 225 g/mol. The van der Waals surface area contributed by atoms with Crippen LogP contribution in [-0.4, -0.2) is 18.5 Å². The van der Waals surface area contributed by atoms with Crippen LogP contribution in [0.25, 0.3) is 0 Å². The molecule has 1 aromatic carbocycles. The molecule has 1 heterocycles. The Kier molecular flexibility index (Phi) is 3.11. The summed E-state index contributed by atoms with van der Waals surface area (Å²) in [6.45, 7) is 1.35. The van der Waals surface area contributed by atoms with Crippen LogP contribution in [0.2, 0.25) is 0 Å². The van der Waals surface area contributed by atoms with Gasteiger partial charge in [-0.1, -0.05) is 12.1 Å². The zero-order valence-electron chi connectivity index (χ0n) is 8.25. The Morgan fingerprint density at radius 2 is 2.40 bits per heavy atom. The van der Waals surface area contributed by atoms with Crippen molar-refractivity contribution in [2.24, 2.45) is 0 Å². The molecule has 15 heavy (non-hydrogen) atoms. The summed E-state index contributed by atoms with van der Waals surface area (Å²) in [6.07, 6.45) is 1.77. The molecule has 1 aromatic rings. The number of hydrogen-bond acceptors (Lipinski definition) is 2. The van der Waals surface area contributed by atoms with Crippen molar-refractivity contribution in [2.75, 3.05) is 13.2 Å². The minimum absolute atomic E-state index is 0.500. The van der Waals surface area contributed by atoms with Crippen molar-refractivity contribution in [1.82, 2.24) is 5.32 Å². The van der Waals surface area contributed by atoms with Gasteiger partial charge in [0.15, 0.2) is 0 Å². The van der Waals surface area contributed by atoms with Gasteiger partial charge < -0.3 is 10.1 Å². The van der Waals surface area contributed by atoms with Gasteiger partial charge in [-0.25, -0.2) is 0 Å². The van der Waals surface area contributed by atoms with Crippen molar-refractivity contribution in [3.05, 3.63) is 29.3 Å². The van der Waals surface area contributed by atoms with Gasteiger partial charge in [-0.2, -0.15) is 0 Å². The van der Waals surface area contributed by atoms with Crippen LogP contribution in [-0.2, 0) is 12.8 Å². The molecule has 0 fully saturated rings. The number of carbonyl (C=O) groups excluding carboxylic acids is 1. The molecule has 3 nitrogen and oxygen atoms in total. The number of hydrogen-bond donors (Lipinski definition) is 1. The minimum Gasteiger partial charge on any atom is -0.493 e. The van der Waals surface area contributed by atoms with Gasteiger partial charge in [0, 0.05) is 13.0 Å². The fourth-order valence-electron chi connectivity index (χ4n) is 1.70. The number of fused-ring (bicyclic) bond motifs is 1. The summed E-state index contributed by atoms with van der Waals surface area (Å²) in [7, 11) is 0. The molecular formula is C11H12ClNO2. The zero-order chi connectivity index (χ0) is 10.7. The average molecular weight is 226 g/mol. The summed E-state index contributed by atoms with van der Waals surface area (Å²) in [5.41, 5.74) is 2.45. The van der Waals surface area contributed by atoms with Gasteiger partial charge >= 0.3 is 5.37 Å². The fraction of sp³-hybridized carbons (Fsp3) is 0.364. The van der Waals surface area contributed by atoms with Crippen molar-refractivity contribution < 1.29 is 9.53 Å². The number of halogens is 1. The minimum atomic E-state index is -0.500. The lowest BCUT2D eigenvalue weighted by molar-refractivity contribution is 0.260. The Hall–Kier alpha value is -1.22. The molecule has 1 aliphatic heterocycles. The fourth-order valence-corrected chi connectivity index (χ4v) is 1.80. The molecule has 0 aromatic heterocycles. The Balaban J connectivity index is 1.95. The summed E-state index contributed by atoms with van der Waals surface area (Å²) in [5, 5.41) is 2.06. The molecule has 0 saturated carbocycles. The van der Waals surface area contributed by atoms with E-state index in [1.165, 1.54) is 11.1 Å². The van der Waals surface area contributed by atoms with E-state index < -0.39 is 5.37 Å². The SMILES string of the molecule is O=C(Cl)NCCc1ccc2c(c1)CCO2. The average Bonchev–Trinajstić information content (AvgIpc) is 2.64. The normalized spacial score (nSPS) is 13.1. The number of benzene rings is 1. The Morgan fingerprint density at radius 3 is 3.20 bits per heavy atom. The Labute approximate surface area is 93.4 Å². The molecule has 1 aliphatic rings. The van der Waals surface area contributed by atoms with Crippen LogP contribution in [0.4, 0.5) is 4.79 Å². The zero-order valence-corrected chi connectivity index (χ0v) is 9.01. The smallest absolute Gasteiger partial charge is 0.313 e. The van der Waals surface area contributed by atoms with Crippen LogP contribution in [0, 0.1) is 0 Å². The summed E-state index contributed by atoms with van der Waals surface area (Å²) in [6, 6.07) is 6.13. The van der Waals surface area contributed by atoms with Crippen molar-refractivity contribution >= 4 is 17.0 Å². The quantitative estimate of drug-likeness (QED) is 0.632. The molecule has 1 N–H and O–H groups in total. The van der Waals surface area contributed by atoms with Gasteiger partial charge in [-0.3, -0.25) is 4.79 Å². The summed E-state index contributed by atoms with van der Waals surface area (Å²) >= 11 is 5.17. The largest absolute Gasteiger partial charge is 0.493 e. The highest BCUT2D eigenvalue weighted by molar-refractivity contribution is 6.62. The predicted molar refractivity (Wildman–Crippen MR) is 58.6 cm³/mol. The van der Waals surface area contributed by atoms with Gasteiger partial charge in [0.2, 0.25) is 0 Å². The van der Waals surface area contributed by atoms with E-state index >= 15 is 0 Å². The lowest BCUT2D eigenvalue weighted by Crippen LogP contribution is -2.19. The molecule has 0 saturated heterocycles. The van der Waals surface area contributed by atoms with Gasteiger partial charge in [0.25, 0.3) is 0 Å². The highest BCUT2D eigenvalue weighted by atomic mass is 35.5. The lowest BCUT2D eigenvalue weighted by atomic mass is 10.1. The second-order valence-corrected chi connectivity index (χ2v) is 3.83. The van der Waals surface area contributed by atoms with Gasteiger partial charge in [-0.05, 0) is 35.2 Å². The van der Waals surface area contributed by atoms with Crippen molar-refractivity contribution in [1.29, 1.82) is 0 Å².